The number of carbonyl (C=O) groups excluding carboxylic acids is 1. The third kappa shape index (κ3) is 2.61. The lowest BCUT2D eigenvalue weighted by Gasteiger charge is -2.14. The molecular formula is C10H15NO2. The van der Waals surface area contributed by atoms with Gasteiger partial charge < -0.3 is 9.32 Å². The molecule has 0 atom stereocenters. The van der Waals surface area contributed by atoms with Gasteiger partial charge in [-0.25, -0.2) is 0 Å². The highest BCUT2D eigenvalue weighted by molar-refractivity contribution is 5.91. The molecule has 0 unspecified atom stereocenters. The van der Waals surface area contributed by atoms with Gasteiger partial charge in [0.05, 0.1) is 6.26 Å². The molecule has 1 aromatic heterocycles. The Kier molecular flexibility index (Phi) is 3.55. The zero-order chi connectivity index (χ0) is 9.68. The summed E-state index contributed by atoms with van der Waals surface area (Å²) in [4.78, 5) is 13.2. The van der Waals surface area contributed by atoms with E-state index in [9.17, 15) is 4.79 Å². The Balaban J connectivity index is 2.48. The minimum Gasteiger partial charge on any atom is -0.459 e. The SMILES string of the molecule is CCCCN(C)C(=O)c1ccco1. The first kappa shape index (κ1) is 9.84. The van der Waals surface area contributed by atoms with Crippen LogP contribution in [0.15, 0.2) is 22.8 Å². The normalized spacial score (nSPS) is 10.0. The molecule has 1 amide bonds. The third-order valence-electron chi connectivity index (χ3n) is 1.93. The van der Waals surface area contributed by atoms with E-state index in [4.69, 9.17) is 4.42 Å². The zero-order valence-corrected chi connectivity index (χ0v) is 8.12. The van der Waals surface area contributed by atoms with Gasteiger partial charge in [-0.3, -0.25) is 4.79 Å². The molecule has 0 aliphatic carbocycles. The van der Waals surface area contributed by atoms with Crippen LogP contribution in [0.25, 0.3) is 0 Å². The van der Waals surface area contributed by atoms with Crippen LogP contribution >= 0.6 is 0 Å². The number of unbranched alkanes of at least 4 members (excludes halogenated alkanes) is 1. The lowest BCUT2D eigenvalue weighted by Crippen LogP contribution is -2.27. The quantitative estimate of drug-likeness (QED) is 0.713. The van der Waals surface area contributed by atoms with Crippen molar-refractivity contribution in [1.29, 1.82) is 0 Å². The highest BCUT2D eigenvalue weighted by Crippen LogP contribution is 2.04. The maximum absolute atomic E-state index is 11.5. The second-order valence-electron chi connectivity index (χ2n) is 3.06. The predicted molar refractivity (Wildman–Crippen MR) is 50.6 cm³/mol. The summed E-state index contributed by atoms with van der Waals surface area (Å²) in [7, 11) is 1.79. The standard InChI is InChI=1S/C10H15NO2/c1-3-4-7-11(2)10(12)9-6-5-8-13-9/h5-6,8H,3-4,7H2,1-2H3. The maximum Gasteiger partial charge on any atom is 0.289 e. The lowest BCUT2D eigenvalue weighted by atomic mass is 10.3. The van der Waals surface area contributed by atoms with Crippen LogP contribution in [0.4, 0.5) is 0 Å². The van der Waals surface area contributed by atoms with E-state index in [2.05, 4.69) is 6.92 Å². The van der Waals surface area contributed by atoms with Crippen LogP contribution in [-0.2, 0) is 0 Å². The van der Waals surface area contributed by atoms with Crippen molar-refractivity contribution in [3.8, 4) is 0 Å². The molecule has 1 heterocycles. The number of amides is 1. The van der Waals surface area contributed by atoms with Crippen molar-refractivity contribution in [2.75, 3.05) is 13.6 Å². The van der Waals surface area contributed by atoms with Gasteiger partial charge in [0.15, 0.2) is 5.76 Å². The molecule has 0 aromatic carbocycles. The molecule has 0 fully saturated rings. The molecule has 0 saturated heterocycles. The van der Waals surface area contributed by atoms with Crippen molar-refractivity contribution in [3.05, 3.63) is 24.2 Å². The minimum absolute atomic E-state index is 0.0431. The number of hydrogen-bond acceptors (Lipinski definition) is 2. The second-order valence-corrected chi connectivity index (χ2v) is 3.06. The molecule has 0 radical (unpaired) electrons. The van der Waals surface area contributed by atoms with Gasteiger partial charge in [-0.15, -0.1) is 0 Å². The molecule has 3 heteroatoms. The Morgan fingerprint density at radius 1 is 1.62 bits per heavy atom. The number of nitrogens with zero attached hydrogens (tertiary/aromatic N) is 1. The van der Waals surface area contributed by atoms with Gasteiger partial charge in [-0.05, 0) is 18.6 Å². The van der Waals surface area contributed by atoms with Gasteiger partial charge >= 0.3 is 0 Å². The molecule has 1 aromatic rings. The van der Waals surface area contributed by atoms with E-state index in [1.807, 2.05) is 0 Å². The Morgan fingerprint density at radius 2 is 2.38 bits per heavy atom. The molecule has 0 saturated carbocycles. The summed E-state index contributed by atoms with van der Waals surface area (Å²) in [6.45, 7) is 2.89. The van der Waals surface area contributed by atoms with Crippen molar-refractivity contribution >= 4 is 5.91 Å². The van der Waals surface area contributed by atoms with Gasteiger partial charge in [-0.2, -0.15) is 0 Å². The topological polar surface area (TPSA) is 33.5 Å². The van der Waals surface area contributed by atoms with E-state index in [0.29, 0.717) is 5.76 Å². The van der Waals surface area contributed by atoms with Gasteiger partial charge in [0.1, 0.15) is 0 Å². The van der Waals surface area contributed by atoms with E-state index in [0.717, 1.165) is 19.4 Å². The summed E-state index contributed by atoms with van der Waals surface area (Å²) in [5, 5.41) is 0. The maximum atomic E-state index is 11.5. The van der Waals surface area contributed by atoms with Crippen molar-refractivity contribution in [2.24, 2.45) is 0 Å². The van der Waals surface area contributed by atoms with Crippen molar-refractivity contribution in [1.82, 2.24) is 4.90 Å². The van der Waals surface area contributed by atoms with Crippen LogP contribution in [0.2, 0.25) is 0 Å². The molecule has 0 bridgehead atoms. The van der Waals surface area contributed by atoms with E-state index in [1.54, 1.807) is 24.1 Å². The summed E-state index contributed by atoms with van der Waals surface area (Å²) in [6, 6.07) is 3.41. The van der Waals surface area contributed by atoms with Crippen LogP contribution in [0.5, 0.6) is 0 Å². The van der Waals surface area contributed by atoms with Gasteiger partial charge in [0, 0.05) is 13.6 Å². The summed E-state index contributed by atoms with van der Waals surface area (Å²) < 4.78 is 5.01. The highest BCUT2D eigenvalue weighted by atomic mass is 16.3. The van der Waals surface area contributed by atoms with E-state index < -0.39 is 0 Å². The Bertz CT molecular complexity index is 254. The summed E-state index contributed by atoms with van der Waals surface area (Å²) in [5.74, 6) is 0.372. The molecule has 1 rings (SSSR count). The number of furan rings is 1. The third-order valence-corrected chi connectivity index (χ3v) is 1.93. The largest absolute Gasteiger partial charge is 0.459 e. The summed E-state index contributed by atoms with van der Waals surface area (Å²) in [5.41, 5.74) is 0. The molecule has 72 valence electrons. The molecule has 13 heavy (non-hydrogen) atoms. The number of hydrogen-bond donors (Lipinski definition) is 0. The molecular weight excluding hydrogens is 166 g/mol. The first-order valence-corrected chi connectivity index (χ1v) is 4.54. The minimum atomic E-state index is -0.0431. The predicted octanol–water partition coefficient (Wildman–Crippen LogP) is 2.15. The van der Waals surface area contributed by atoms with Gasteiger partial charge in [0.25, 0.3) is 5.91 Å². The molecule has 0 aliphatic rings. The van der Waals surface area contributed by atoms with E-state index >= 15 is 0 Å². The van der Waals surface area contributed by atoms with Crippen LogP contribution in [-0.4, -0.2) is 24.4 Å². The van der Waals surface area contributed by atoms with Crippen LogP contribution in [0, 0.1) is 0 Å². The first-order chi connectivity index (χ1) is 6.25. The lowest BCUT2D eigenvalue weighted by molar-refractivity contribution is 0.0762. The summed E-state index contributed by atoms with van der Waals surface area (Å²) >= 11 is 0. The zero-order valence-electron chi connectivity index (χ0n) is 8.12. The number of rotatable bonds is 4. The first-order valence-electron chi connectivity index (χ1n) is 4.54. The Labute approximate surface area is 78.3 Å². The monoisotopic (exact) mass is 181 g/mol. The van der Waals surface area contributed by atoms with Crippen molar-refractivity contribution < 1.29 is 9.21 Å². The second kappa shape index (κ2) is 4.70. The fourth-order valence-corrected chi connectivity index (χ4v) is 1.09. The molecule has 0 N–H and O–H groups in total. The molecule has 0 aliphatic heterocycles. The van der Waals surface area contributed by atoms with Gasteiger partial charge in [0.2, 0.25) is 0 Å². The fourth-order valence-electron chi connectivity index (χ4n) is 1.09. The highest BCUT2D eigenvalue weighted by Gasteiger charge is 2.12. The number of carbonyl (C=O) groups is 1. The smallest absolute Gasteiger partial charge is 0.289 e. The summed E-state index contributed by atoms with van der Waals surface area (Å²) in [6.07, 6.45) is 3.64. The molecule has 0 spiro atoms. The Morgan fingerprint density at radius 3 is 2.92 bits per heavy atom. The van der Waals surface area contributed by atoms with Crippen LogP contribution < -0.4 is 0 Å². The Hall–Kier alpha value is -1.25. The van der Waals surface area contributed by atoms with Crippen molar-refractivity contribution in [3.63, 3.8) is 0 Å². The average Bonchev–Trinajstić information content (AvgIpc) is 2.65. The van der Waals surface area contributed by atoms with E-state index in [-0.39, 0.29) is 5.91 Å². The average molecular weight is 181 g/mol. The van der Waals surface area contributed by atoms with E-state index in [1.165, 1.54) is 6.26 Å². The van der Waals surface area contributed by atoms with Crippen LogP contribution in [0.3, 0.4) is 0 Å². The fraction of sp³-hybridized carbons (Fsp3) is 0.500. The van der Waals surface area contributed by atoms with Crippen molar-refractivity contribution in [2.45, 2.75) is 19.8 Å². The van der Waals surface area contributed by atoms with Crippen LogP contribution in [0.1, 0.15) is 30.3 Å². The molecule has 3 nitrogen and oxygen atoms in total. The van der Waals surface area contributed by atoms with Gasteiger partial charge in [-0.1, -0.05) is 13.3 Å².